The van der Waals surface area contributed by atoms with Crippen molar-refractivity contribution in [3.63, 3.8) is 0 Å². The van der Waals surface area contributed by atoms with E-state index in [1.165, 1.54) is 0 Å². The lowest BCUT2D eigenvalue weighted by atomic mass is 10.0. The minimum absolute atomic E-state index is 0.343. The Morgan fingerprint density at radius 1 is 1.35 bits per heavy atom. The van der Waals surface area contributed by atoms with Crippen molar-refractivity contribution < 1.29 is 19.4 Å². The van der Waals surface area contributed by atoms with Gasteiger partial charge < -0.3 is 14.6 Å². The molecule has 0 saturated heterocycles. The van der Waals surface area contributed by atoms with Crippen LogP contribution in [0, 0.1) is 5.92 Å². The molecular weight excluding hydrogens is 220 g/mol. The van der Waals surface area contributed by atoms with E-state index in [0.717, 1.165) is 0 Å². The lowest BCUT2D eigenvalue weighted by molar-refractivity contribution is -0.142. The molecule has 0 aliphatic carbocycles. The van der Waals surface area contributed by atoms with E-state index in [1.807, 2.05) is 25.1 Å². The van der Waals surface area contributed by atoms with Crippen LogP contribution in [0.3, 0.4) is 0 Å². The lowest BCUT2D eigenvalue weighted by Crippen LogP contribution is -2.16. The van der Waals surface area contributed by atoms with Gasteiger partial charge in [0.05, 0.1) is 19.6 Å². The number of ether oxygens (including phenoxy) is 2. The third-order valence-corrected chi connectivity index (χ3v) is 2.63. The van der Waals surface area contributed by atoms with Crippen molar-refractivity contribution in [1.29, 1.82) is 0 Å². The Kier molecular flexibility index (Phi) is 5.33. The Bertz CT molecular complexity index is 362. The number of aliphatic carboxylic acids is 1. The quantitative estimate of drug-likeness (QED) is 0.793. The fourth-order valence-electron chi connectivity index (χ4n) is 1.55. The lowest BCUT2D eigenvalue weighted by Gasteiger charge is -2.12. The first-order valence-corrected chi connectivity index (χ1v) is 5.67. The molecule has 0 saturated carbocycles. The molecule has 0 aliphatic heterocycles. The predicted molar refractivity (Wildman–Crippen MR) is 64.5 cm³/mol. The van der Waals surface area contributed by atoms with Gasteiger partial charge in [0.2, 0.25) is 0 Å². The molecular formula is C13H18O4. The summed E-state index contributed by atoms with van der Waals surface area (Å²) in [6.45, 7) is 2.24. The van der Waals surface area contributed by atoms with E-state index < -0.39 is 5.97 Å². The summed E-state index contributed by atoms with van der Waals surface area (Å²) in [6.07, 6.45) is 1.12. The summed E-state index contributed by atoms with van der Waals surface area (Å²) in [5.41, 5.74) is 0. The number of hydrogen-bond acceptors (Lipinski definition) is 3. The van der Waals surface area contributed by atoms with Crippen LogP contribution in [-0.4, -0.2) is 24.8 Å². The smallest absolute Gasteiger partial charge is 0.306 e. The van der Waals surface area contributed by atoms with Crippen molar-refractivity contribution in [3.05, 3.63) is 24.3 Å². The molecule has 94 valence electrons. The fraction of sp³-hybridized carbons (Fsp3) is 0.462. The van der Waals surface area contributed by atoms with Crippen molar-refractivity contribution in [2.24, 2.45) is 5.92 Å². The van der Waals surface area contributed by atoms with Gasteiger partial charge in [-0.1, -0.05) is 19.1 Å². The Labute approximate surface area is 101 Å². The van der Waals surface area contributed by atoms with Crippen molar-refractivity contribution in [2.75, 3.05) is 13.7 Å². The number of benzene rings is 1. The van der Waals surface area contributed by atoms with Gasteiger partial charge in [0.1, 0.15) is 0 Å². The highest BCUT2D eigenvalue weighted by Crippen LogP contribution is 2.26. The zero-order valence-corrected chi connectivity index (χ0v) is 10.2. The molecule has 1 rings (SSSR count). The highest BCUT2D eigenvalue weighted by molar-refractivity contribution is 5.69. The molecule has 4 heteroatoms. The summed E-state index contributed by atoms with van der Waals surface area (Å²) in [4.78, 5) is 10.8. The van der Waals surface area contributed by atoms with Gasteiger partial charge in [-0.2, -0.15) is 0 Å². The van der Waals surface area contributed by atoms with Crippen LogP contribution in [0.5, 0.6) is 11.5 Å². The maximum absolute atomic E-state index is 10.8. The van der Waals surface area contributed by atoms with Crippen molar-refractivity contribution in [3.8, 4) is 11.5 Å². The predicted octanol–water partition coefficient (Wildman–Crippen LogP) is 2.57. The van der Waals surface area contributed by atoms with Crippen LogP contribution in [-0.2, 0) is 4.79 Å². The van der Waals surface area contributed by atoms with Crippen molar-refractivity contribution in [1.82, 2.24) is 0 Å². The molecule has 1 aromatic carbocycles. The molecule has 1 atom stereocenters. The second kappa shape index (κ2) is 6.78. The Hall–Kier alpha value is -1.71. The molecule has 4 nitrogen and oxygen atoms in total. The molecule has 0 aromatic heterocycles. The summed E-state index contributed by atoms with van der Waals surface area (Å²) >= 11 is 0. The van der Waals surface area contributed by atoms with E-state index in [-0.39, 0.29) is 5.92 Å². The van der Waals surface area contributed by atoms with E-state index in [4.69, 9.17) is 14.6 Å². The van der Waals surface area contributed by atoms with E-state index in [2.05, 4.69) is 0 Å². The highest BCUT2D eigenvalue weighted by Gasteiger charge is 2.15. The number of carbonyl (C=O) groups is 1. The topological polar surface area (TPSA) is 55.8 Å². The first-order valence-electron chi connectivity index (χ1n) is 5.67. The monoisotopic (exact) mass is 238 g/mol. The standard InChI is InChI=1S/C13H18O4/c1-3-10(13(14)15)8-9-17-12-7-5-4-6-11(12)16-2/h4-7,10H,3,8-9H2,1-2H3,(H,14,15). The highest BCUT2D eigenvalue weighted by atomic mass is 16.5. The van der Waals surface area contributed by atoms with Crippen LogP contribution >= 0.6 is 0 Å². The number of rotatable bonds is 7. The number of para-hydroxylation sites is 2. The Morgan fingerprint density at radius 3 is 2.53 bits per heavy atom. The van der Waals surface area contributed by atoms with Gasteiger partial charge in [0, 0.05) is 0 Å². The van der Waals surface area contributed by atoms with Gasteiger partial charge in [0.25, 0.3) is 0 Å². The third kappa shape index (κ3) is 3.98. The summed E-state index contributed by atoms with van der Waals surface area (Å²) in [5, 5.41) is 8.89. The van der Waals surface area contributed by atoms with Crippen LogP contribution < -0.4 is 9.47 Å². The zero-order chi connectivity index (χ0) is 12.7. The molecule has 1 aromatic rings. The molecule has 0 fully saturated rings. The number of hydrogen-bond donors (Lipinski definition) is 1. The van der Waals surface area contributed by atoms with Gasteiger partial charge in [-0.15, -0.1) is 0 Å². The molecule has 0 spiro atoms. The van der Waals surface area contributed by atoms with Gasteiger partial charge in [-0.05, 0) is 25.0 Å². The largest absolute Gasteiger partial charge is 0.493 e. The zero-order valence-electron chi connectivity index (χ0n) is 10.2. The Balaban J connectivity index is 2.47. The summed E-state index contributed by atoms with van der Waals surface area (Å²) in [5.74, 6) is 0.201. The SMILES string of the molecule is CCC(CCOc1ccccc1OC)C(=O)O. The summed E-state index contributed by atoms with van der Waals surface area (Å²) in [7, 11) is 1.58. The van der Waals surface area contributed by atoms with Gasteiger partial charge in [0.15, 0.2) is 11.5 Å². The molecule has 0 aliphatic rings. The van der Waals surface area contributed by atoms with Crippen LogP contribution in [0.15, 0.2) is 24.3 Å². The second-order valence-corrected chi connectivity index (χ2v) is 3.73. The van der Waals surface area contributed by atoms with Crippen LogP contribution in [0.25, 0.3) is 0 Å². The van der Waals surface area contributed by atoms with Crippen LogP contribution in [0.2, 0.25) is 0 Å². The van der Waals surface area contributed by atoms with Crippen LogP contribution in [0.1, 0.15) is 19.8 Å². The molecule has 1 N–H and O–H groups in total. The van der Waals surface area contributed by atoms with E-state index >= 15 is 0 Å². The van der Waals surface area contributed by atoms with Gasteiger partial charge in [-0.3, -0.25) is 4.79 Å². The normalized spacial score (nSPS) is 11.9. The second-order valence-electron chi connectivity index (χ2n) is 3.73. The minimum atomic E-state index is -0.767. The fourth-order valence-corrected chi connectivity index (χ4v) is 1.55. The van der Waals surface area contributed by atoms with E-state index in [0.29, 0.717) is 30.9 Å². The Morgan fingerprint density at radius 2 is 2.00 bits per heavy atom. The molecule has 1 unspecified atom stereocenters. The molecule has 0 radical (unpaired) electrons. The van der Waals surface area contributed by atoms with Crippen molar-refractivity contribution >= 4 is 5.97 Å². The number of methoxy groups -OCH3 is 1. The molecule has 0 bridgehead atoms. The number of carboxylic acid groups (broad SMARTS) is 1. The van der Waals surface area contributed by atoms with E-state index in [9.17, 15) is 4.79 Å². The van der Waals surface area contributed by atoms with E-state index in [1.54, 1.807) is 13.2 Å². The van der Waals surface area contributed by atoms with Gasteiger partial charge in [-0.25, -0.2) is 0 Å². The first kappa shape index (κ1) is 13.4. The number of carboxylic acids is 1. The minimum Gasteiger partial charge on any atom is -0.493 e. The molecule has 0 amide bonds. The molecule has 0 heterocycles. The third-order valence-electron chi connectivity index (χ3n) is 2.63. The summed E-state index contributed by atoms with van der Waals surface area (Å²) < 4.78 is 10.7. The maximum atomic E-state index is 10.8. The maximum Gasteiger partial charge on any atom is 0.306 e. The first-order chi connectivity index (χ1) is 8.19. The molecule has 17 heavy (non-hydrogen) atoms. The average molecular weight is 238 g/mol. The van der Waals surface area contributed by atoms with Crippen molar-refractivity contribution in [2.45, 2.75) is 19.8 Å². The summed E-state index contributed by atoms with van der Waals surface area (Å²) in [6, 6.07) is 7.33. The van der Waals surface area contributed by atoms with Gasteiger partial charge >= 0.3 is 5.97 Å². The average Bonchev–Trinajstić information content (AvgIpc) is 2.34. The van der Waals surface area contributed by atoms with Crippen LogP contribution in [0.4, 0.5) is 0 Å².